The first kappa shape index (κ1) is 22.4. The minimum atomic E-state index is -3.10. The van der Waals surface area contributed by atoms with Gasteiger partial charge in [0.05, 0.1) is 9.85 Å². The van der Waals surface area contributed by atoms with E-state index in [0.717, 1.165) is 18.2 Å². The molecule has 0 aliphatic rings. The molecule has 0 aliphatic carbocycles. The largest absolute Gasteiger partial charge is 0.295 e. The Morgan fingerprint density at radius 3 is 1.81 bits per heavy atom. The standard InChI is InChI=1S/C8H6ClF2NO2.C8H6ClNO3/c1-8(10,11)5-2-3-6(9)7(4-5)12(13)14;1-5(11)6-2-3-7(9)8(4-6)10(12)13/h2-4H,1H3;2-4H,1H3. The van der Waals surface area contributed by atoms with Gasteiger partial charge in [0.25, 0.3) is 17.3 Å². The molecule has 2 aromatic rings. The molecule has 7 nitrogen and oxygen atoms in total. The van der Waals surface area contributed by atoms with E-state index in [9.17, 15) is 33.8 Å². The lowest BCUT2D eigenvalue weighted by Gasteiger charge is -2.09. The van der Waals surface area contributed by atoms with Crippen LogP contribution in [-0.4, -0.2) is 15.6 Å². The maximum Gasteiger partial charge on any atom is 0.288 e. The average Bonchev–Trinajstić information content (AvgIpc) is 2.54. The van der Waals surface area contributed by atoms with Crippen molar-refractivity contribution >= 4 is 40.4 Å². The van der Waals surface area contributed by atoms with Crippen LogP contribution in [-0.2, 0) is 5.92 Å². The summed E-state index contributed by atoms with van der Waals surface area (Å²) in [4.78, 5) is 30.2. The predicted octanol–water partition coefficient (Wildman–Crippen LogP) is 5.81. The molecule has 11 heteroatoms. The van der Waals surface area contributed by atoms with Gasteiger partial charge in [-0.05, 0) is 25.1 Å². The number of ketones is 1. The predicted molar refractivity (Wildman–Crippen MR) is 95.8 cm³/mol. The van der Waals surface area contributed by atoms with Crippen LogP contribution in [0, 0.1) is 20.2 Å². The number of carbonyl (C=O) groups is 1. The Morgan fingerprint density at radius 2 is 1.41 bits per heavy atom. The van der Waals surface area contributed by atoms with Gasteiger partial charge in [-0.2, -0.15) is 0 Å². The fourth-order valence-electron chi connectivity index (χ4n) is 1.80. The number of nitro benzene ring substituents is 2. The van der Waals surface area contributed by atoms with Gasteiger partial charge in [-0.25, -0.2) is 8.78 Å². The van der Waals surface area contributed by atoms with Gasteiger partial charge in [0.2, 0.25) is 0 Å². The van der Waals surface area contributed by atoms with Crippen molar-refractivity contribution in [3.05, 3.63) is 77.8 Å². The van der Waals surface area contributed by atoms with E-state index >= 15 is 0 Å². The Morgan fingerprint density at radius 1 is 0.963 bits per heavy atom. The topological polar surface area (TPSA) is 103 Å². The van der Waals surface area contributed by atoms with Crippen LogP contribution >= 0.6 is 23.2 Å². The van der Waals surface area contributed by atoms with E-state index in [-0.39, 0.29) is 27.1 Å². The Bertz CT molecular complexity index is 901. The van der Waals surface area contributed by atoms with Crippen LogP contribution < -0.4 is 0 Å². The van der Waals surface area contributed by atoms with E-state index in [0.29, 0.717) is 6.92 Å². The molecular formula is C16H12Cl2F2N2O5. The molecule has 0 fully saturated rings. The number of halogens is 4. The Labute approximate surface area is 161 Å². The molecule has 0 spiro atoms. The SMILES string of the molecule is CC(=O)c1ccc(Cl)c([N+](=O)[O-])c1.CC(F)(F)c1ccc(Cl)c([N+](=O)[O-])c1. The first-order chi connectivity index (χ1) is 12.3. The van der Waals surface area contributed by atoms with Crippen molar-refractivity contribution in [1.82, 2.24) is 0 Å². The van der Waals surface area contributed by atoms with Gasteiger partial charge in [-0.3, -0.25) is 25.0 Å². The van der Waals surface area contributed by atoms with E-state index in [2.05, 4.69) is 0 Å². The van der Waals surface area contributed by atoms with Crippen LogP contribution in [0.15, 0.2) is 36.4 Å². The van der Waals surface area contributed by atoms with E-state index in [1.807, 2.05) is 0 Å². The molecule has 0 atom stereocenters. The van der Waals surface area contributed by atoms with E-state index in [1.54, 1.807) is 0 Å². The monoisotopic (exact) mass is 420 g/mol. The first-order valence-corrected chi connectivity index (χ1v) is 7.87. The van der Waals surface area contributed by atoms with Crippen molar-refractivity contribution < 1.29 is 23.4 Å². The number of nitro groups is 2. The lowest BCUT2D eigenvalue weighted by molar-refractivity contribution is -0.385. The highest BCUT2D eigenvalue weighted by molar-refractivity contribution is 6.33. The number of hydrogen-bond acceptors (Lipinski definition) is 5. The van der Waals surface area contributed by atoms with Gasteiger partial charge in [0, 0.05) is 30.2 Å². The number of carbonyl (C=O) groups excluding carboxylic acids is 1. The van der Waals surface area contributed by atoms with E-state index in [4.69, 9.17) is 23.2 Å². The summed E-state index contributed by atoms with van der Waals surface area (Å²) in [5, 5.41) is 20.7. The highest BCUT2D eigenvalue weighted by Crippen LogP contribution is 2.33. The summed E-state index contributed by atoms with van der Waals surface area (Å²) in [7, 11) is 0. The molecule has 0 N–H and O–H groups in total. The van der Waals surface area contributed by atoms with Crippen molar-refractivity contribution in [3.63, 3.8) is 0 Å². The maximum absolute atomic E-state index is 12.8. The third-order valence-electron chi connectivity index (χ3n) is 3.20. The van der Waals surface area contributed by atoms with Crippen molar-refractivity contribution in [1.29, 1.82) is 0 Å². The van der Waals surface area contributed by atoms with E-state index in [1.165, 1.54) is 25.1 Å². The molecule has 0 heterocycles. The normalized spacial score (nSPS) is 10.6. The fraction of sp³-hybridized carbons (Fsp3) is 0.188. The zero-order valence-corrected chi connectivity index (χ0v) is 15.4. The molecule has 0 radical (unpaired) electrons. The molecule has 0 bridgehead atoms. The lowest BCUT2D eigenvalue weighted by atomic mass is 10.1. The van der Waals surface area contributed by atoms with Crippen molar-refractivity contribution in [2.75, 3.05) is 0 Å². The van der Waals surface area contributed by atoms with Crippen LogP contribution in [0.25, 0.3) is 0 Å². The summed E-state index contributed by atoms with van der Waals surface area (Å²) in [5.41, 5.74) is -0.884. The van der Waals surface area contributed by atoms with Crippen molar-refractivity contribution in [2.45, 2.75) is 19.8 Å². The second-order valence-corrected chi connectivity index (χ2v) is 6.11. The molecule has 2 rings (SSSR count). The quantitative estimate of drug-likeness (QED) is 0.352. The average molecular weight is 421 g/mol. The van der Waals surface area contributed by atoms with Crippen LogP contribution in [0.5, 0.6) is 0 Å². The second kappa shape index (κ2) is 8.83. The molecule has 0 unspecified atom stereocenters. The highest BCUT2D eigenvalue weighted by Gasteiger charge is 2.27. The zero-order valence-electron chi connectivity index (χ0n) is 13.9. The van der Waals surface area contributed by atoms with Gasteiger partial charge >= 0.3 is 0 Å². The van der Waals surface area contributed by atoms with Gasteiger partial charge in [0.1, 0.15) is 10.0 Å². The van der Waals surface area contributed by atoms with Crippen LogP contribution in [0.4, 0.5) is 20.2 Å². The highest BCUT2D eigenvalue weighted by atomic mass is 35.5. The Hall–Kier alpha value is -2.65. The van der Waals surface area contributed by atoms with Crippen molar-refractivity contribution in [2.24, 2.45) is 0 Å². The fourth-order valence-corrected chi connectivity index (χ4v) is 2.17. The zero-order chi connectivity index (χ0) is 20.9. The number of nitrogens with zero attached hydrogens (tertiary/aromatic N) is 2. The summed E-state index contributed by atoms with van der Waals surface area (Å²) in [6.45, 7) is 2.01. The lowest BCUT2D eigenvalue weighted by Crippen LogP contribution is -2.07. The molecule has 0 aliphatic heterocycles. The second-order valence-electron chi connectivity index (χ2n) is 5.29. The third-order valence-corrected chi connectivity index (χ3v) is 3.84. The third kappa shape index (κ3) is 6.22. The van der Waals surface area contributed by atoms with Gasteiger partial charge in [0.15, 0.2) is 5.78 Å². The van der Waals surface area contributed by atoms with Crippen molar-refractivity contribution in [3.8, 4) is 0 Å². The number of hydrogen-bond donors (Lipinski definition) is 0. The number of rotatable bonds is 4. The Balaban J connectivity index is 0.000000271. The molecule has 0 saturated heterocycles. The molecule has 0 amide bonds. The van der Waals surface area contributed by atoms with Crippen LogP contribution in [0.3, 0.4) is 0 Å². The number of benzene rings is 2. The van der Waals surface area contributed by atoms with Gasteiger partial charge < -0.3 is 0 Å². The molecule has 144 valence electrons. The summed E-state index contributed by atoms with van der Waals surface area (Å²) in [6.07, 6.45) is 0. The first-order valence-electron chi connectivity index (χ1n) is 7.11. The molecule has 2 aromatic carbocycles. The molecule has 0 saturated carbocycles. The summed E-state index contributed by atoms with van der Waals surface area (Å²) in [6, 6.07) is 6.91. The molecule has 0 aromatic heterocycles. The minimum absolute atomic E-state index is 0.0370. The Kier molecular flexibility index (Phi) is 7.32. The minimum Gasteiger partial charge on any atom is -0.295 e. The molecular weight excluding hydrogens is 409 g/mol. The molecule has 27 heavy (non-hydrogen) atoms. The van der Waals surface area contributed by atoms with Gasteiger partial charge in [-0.15, -0.1) is 0 Å². The van der Waals surface area contributed by atoms with Crippen LogP contribution in [0.1, 0.15) is 29.8 Å². The summed E-state index contributed by atoms with van der Waals surface area (Å²) in [5.74, 6) is -3.32. The van der Waals surface area contributed by atoms with E-state index < -0.39 is 27.0 Å². The van der Waals surface area contributed by atoms with Gasteiger partial charge in [-0.1, -0.05) is 29.3 Å². The van der Waals surface area contributed by atoms with Crippen LogP contribution in [0.2, 0.25) is 10.0 Å². The smallest absolute Gasteiger partial charge is 0.288 e. The maximum atomic E-state index is 12.8. The summed E-state index contributed by atoms with van der Waals surface area (Å²) < 4.78 is 25.5. The number of alkyl halides is 2. The number of Topliss-reactive ketones (excluding diaryl/α,β-unsaturated/α-hetero) is 1. The summed E-state index contributed by atoms with van der Waals surface area (Å²) >= 11 is 11.0.